The molecule has 9 nitrogen and oxygen atoms in total. The van der Waals surface area contributed by atoms with Crippen LogP contribution in [0, 0.1) is 0 Å². The standard InChI is InChI=1S/C24H27Cl2F5N4O5S2/c1-4-14(24(29,30)31)34-42(39,40)13-6-5-12(15(25)16(13)26)18-17(21(37)35-9-7-23(27,28)8-10-35)33-20(41-18)19(36)32-11-22(2,3)38/h5-6,14,34,38H,4,7-11H2,1-3H3,(H,32,36)/t14-/m0/s1. The molecule has 0 saturated carbocycles. The fraction of sp³-hybridized carbons (Fsp3) is 0.542. The summed E-state index contributed by atoms with van der Waals surface area (Å²) in [7, 11) is -4.82. The molecule has 18 heteroatoms. The number of carbonyl (C=O) groups excluding carboxylic acids is 2. The molecule has 1 saturated heterocycles. The lowest BCUT2D eigenvalue weighted by molar-refractivity contribution is -0.151. The molecule has 1 atom stereocenters. The van der Waals surface area contributed by atoms with Crippen LogP contribution >= 0.6 is 34.5 Å². The number of amides is 2. The molecular weight excluding hydrogens is 654 g/mol. The molecule has 3 rings (SSSR count). The Morgan fingerprint density at radius 3 is 2.29 bits per heavy atom. The van der Waals surface area contributed by atoms with E-state index in [-0.39, 0.29) is 40.8 Å². The fourth-order valence-electron chi connectivity index (χ4n) is 3.85. The van der Waals surface area contributed by atoms with Crippen molar-refractivity contribution in [2.45, 2.75) is 68.7 Å². The van der Waals surface area contributed by atoms with Crippen molar-refractivity contribution in [1.29, 1.82) is 0 Å². The van der Waals surface area contributed by atoms with E-state index in [2.05, 4.69) is 10.3 Å². The summed E-state index contributed by atoms with van der Waals surface area (Å²) in [5.41, 5.74) is -1.72. The number of rotatable bonds is 9. The van der Waals surface area contributed by atoms with E-state index in [1.807, 2.05) is 0 Å². The van der Waals surface area contributed by atoms with E-state index in [0.717, 1.165) is 24.0 Å². The van der Waals surface area contributed by atoms with Crippen LogP contribution < -0.4 is 10.0 Å². The van der Waals surface area contributed by atoms with Crippen molar-refractivity contribution in [3.8, 4) is 10.4 Å². The Bertz CT molecular complexity index is 1450. The lowest BCUT2D eigenvalue weighted by atomic mass is 10.1. The molecule has 0 spiro atoms. The summed E-state index contributed by atoms with van der Waals surface area (Å²) in [5, 5.41) is 11.0. The highest BCUT2D eigenvalue weighted by molar-refractivity contribution is 7.89. The van der Waals surface area contributed by atoms with Gasteiger partial charge in [-0.05, 0) is 26.3 Å². The van der Waals surface area contributed by atoms with Gasteiger partial charge in [0.15, 0.2) is 5.01 Å². The summed E-state index contributed by atoms with van der Waals surface area (Å²) >= 11 is 13.3. The molecule has 0 unspecified atom stereocenters. The van der Waals surface area contributed by atoms with Crippen molar-refractivity contribution in [3.63, 3.8) is 0 Å². The van der Waals surface area contributed by atoms with Crippen molar-refractivity contribution < 1.29 is 45.1 Å². The molecule has 1 aromatic carbocycles. The summed E-state index contributed by atoms with van der Waals surface area (Å²) in [4.78, 5) is 30.6. The summed E-state index contributed by atoms with van der Waals surface area (Å²) in [6.45, 7) is 3.21. The summed E-state index contributed by atoms with van der Waals surface area (Å²) in [6.07, 6.45) is -6.67. The average Bonchev–Trinajstić information content (AvgIpc) is 3.31. The first-order chi connectivity index (χ1) is 19.2. The second kappa shape index (κ2) is 12.5. The van der Waals surface area contributed by atoms with E-state index in [1.54, 1.807) is 4.72 Å². The van der Waals surface area contributed by atoms with Gasteiger partial charge < -0.3 is 15.3 Å². The van der Waals surface area contributed by atoms with Gasteiger partial charge in [-0.25, -0.2) is 22.2 Å². The average molecular weight is 682 g/mol. The second-order valence-corrected chi connectivity index (χ2v) is 13.6. The number of hydrogen-bond acceptors (Lipinski definition) is 7. The van der Waals surface area contributed by atoms with E-state index in [1.165, 1.54) is 13.8 Å². The highest BCUT2D eigenvalue weighted by Crippen LogP contribution is 2.42. The van der Waals surface area contributed by atoms with E-state index >= 15 is 0 Å². The first-order valence-electron chi connectivity index (χ1n) is 12.4. The third-order valence-corrected chi connectivity index (χ3v) is 9.76. The van der Waals surface area contributed by atoms with Gasteiger partial charge in [0.05, 0.1) is 20.5 Å². The number of aromatic nitrogens is 1. The Labute approximate surface area is 252 Å². The molecule has 1 aliphatic heterocycles. The lowest BCUT2D eigenvalue weighted by Gasteiger charge is -2.31. The maximum atomic E-state index is 13.7. The number of piperidine rings is 1. The van der Waals surface area contributed by atoms with Crippen LogP contribution in [-0.4, -0.2) is 78.6 Å². The Kier molecular flexibility index (Phi) is 10.2. The van der Waals surface area contributed by atoms with E-state index in [9.17, 15) is 45.1 Å². The predicted molar refractivity (Wildman–Crippen MR) is 147 cm³/mol. The number of sulfonamides is 1. The maximum Gasteiger partial charge on any atom is 0.404 e. The van der Waals surface area contributed by atoms with Gasteiger partial charge in [0, 0.05) is 38.0 Å². The maximum absolute atomic E-state index is 13.7. The second-order valence-electron chi connectivity index (χ2n) is 10.2. The van der Waals surface area contributed by atoms with E-state index in [0.29, 0.717) is 11.3 Å². The molecule has 1 aliphatic rings. The van der Waals surface area contributed by atoms with Crippen molar-refractivity contribution in [1.82, 2.24) is 19.9 Å². The SMILES string of the molecule is CC[C@H](NS(=O)(=O)c1ccc(-c2sc(C(=O)NCC(C)(C)O)nc2C(=O)N2CCC(F)(F)CC2)c(Cl)c1Cl)C(F)(F)F. The minimum absolute atomic E-state index is 0.0590. The van der Waals surface area contributed by atoms with Crippen LogP contribution in [0.1, 0.15) is 60.3 Å². The van der Waals surface area contributed by atoms with Crippen LogP contribution in [-0.2, 0) is 10.0 Å². The van der Waals surface area contributed by atoms with Gasteiger partial charge in [0.25, 0.3) is 17.7 Å². The van der Waals surface area contributed by atoms with Gasteiger partial charge in [0.2, 0.25) is 10.0 Å². The molecular formula is C24H27Cl2F5N4O5S2. The predicted octanol–water partition coefficient (Wildman–Crippen LogP) is 5.11. The number of likely N-dealkylation sites (tertiary alicyclic amines) is 1. The molecule has 2 aromatic rings. The smallest absolute Gasteiger partial charge is 0.389 e. The van der Waals surface area contributed by atoms with Crippen molar-refractivity contribution in [2.75, 3.05) is 19.6 Å². The molecule has 1 aromatic heterocycles. The molecule has 2 heterocycles. The number of halogens is 7. The van der Waals surface area contributed by atoms with Crippen molar-refractivity contribution in [2.24, 2.45) is 0 Å². The number of aliphatic hydroxyl groups is 1. The third kappa shape index (κ3) is 8.08. The number of nitrogens with one attached hydrogen (secondary N) is 2. The Morgan fingerprint density at radius 2 is 1.76 bits per heavy atom. The third-order valence-electron chi connectivity index (χ3n) is 6.17. The first kappa shape index (κ1) is 34.4. The zero-order valence-corrected chi connectivity index (χ0v) is 25.6. The van der Waals surface area contributed by atoms with E-state index < -0.39 is 79.8 Å². The molecule has 42 heavy (non-hydrogen) atoms. The molecule has 0 aliphatic carbocycles. The van der Waals surface area contributed by atoms with Crippen LogP contribution in [0.2, 0.25) is 10.0 Å². The topological polar surface area (TPSA) is 129 Å². The summed E-state index contributed by atoms with van der Waals surface area (Å²) in [6, 6.07) is -0.423. The number of thiazole rings is 1. The summed E-state index contributed by atoms with van der Waals surface area (Å²) in [5.74, 6) is -4.55. The molecule has 1 fully saturated rings. The quantitative estimate of drug-likeness (QED) is 0.316. The number of benzene rings is 1. The van der Waals surface area contributed by atoms with Gasteiger partial charge in [-0.3, -0.25) is 9.59 Å². The molecule has 3 N–H and O–H groups in total. The van der Waals surface area contributed by atoms with Gasteiger partial charge >= 0.3 is 6.18 Å². The van der Waals surface area contributed by atoms with Crippen LogP contribution in [0.4, 0.5) is 22.0 Å². The Balaban J connectivity index is 2.07. The van der Waals surface area contributed by atoms with Crippen LogP contribution in [0.5, 0.6) is 0 Å². The molecule has 234 valence electrons. The number of alkyl halides is 5. The zero-order valence-electron chi connectivity index (χ0n) is 22.4. The number of carbonyl (C=O) groups is 2. The molecule has 0 bridgehead atoms. The Hall–Kier alpha value is -2.11. The van der Waals surface area contributed by atoms with Crippen molar-refractivity contribution >= 4 is 56.4 Å². The van der Waals surface area contributed by atoms with E-state index in [4.69, 9.17) is 23.2 Å². The van der Waals surface area contributed by atoms with Gasteiger partial charge in [-0.2, -0.15) is 17.9 Å². The monoisotopic (exact) mass is 680 g/mol. The highest BCUT2D eigenvalue weighted by atomic mass is 35.5. The first-order valence-corrected chi connectivity index (χ1v) is 15.5. The largest absolute Gasteiger partial charge is 0.404 e. The Morgan fingerprint density at radius 1 is 1.17 bits per heavy atom. The summed E-state index contributed by atoms with van der Waals surface area (Å²) < 4.78 is 94.2. The van der Waals surface area contributed by atoms with Crippen LogP contribution in [0.25, 0.3) is 10.4 Å². The van der Waals surface area contributed by atoms with Gasteiger partial charge in [0.1, 0.15) is 16.6 Å². The number of hydrogen-bond donors (Lipinski definition) is 3. The molecule has 0 radical (unpaired) electrons. The van der Waals surface area contributed by atoms with Crippen LogP contribution in [0.15, 0.2) is 17.0 Å². The van der Waals surface area contributed by atoms with Crippen LogP contribution in [0.3, 0.4) is 0 Å². The molecule has 2 amide bonds. The lowest BCUT2D eigenvalue weighted by Crippen LogP contribution is -2.44. The number of nitrogens with zero attached hydrogens (tertiary/aromatic N) is 2. The fourth-order valence-corrected chi connectivity index (χ4v) is 7.08. The van der Waals surface area contributed by atoms with Gasteiger partial charge in [-0.15, -0.1) is 11.3 Å². The van der Waals surface area contributed by atoms with Crippen molar-refractivity contribution in [3.05, 3.63) is 32.9 Å². The highest BCUT2D eigenvalue weighted by Gasteiger charge is 2.42. The van der Waals surface area contributed by atoms with Gasteiger partial charge in [-0.1, -0.05) is 36.2 Å². The minimum atomic E-state index is -4.88. The normalized spacial score (nSPS) is 16.8. The zero-order chi connectivity index (χ0) is 31.8. The minimum Gasteiger partial charge on any atom is -0.389 e.